The molecule has 0 bridgehead atoms. The average molecular weight is 161 g/mol. The molecule has 0 aromatic carbocycles. The summed E-state index contributed by atoms with van der Waals surface area (Å²) in [6.45, 7) is 1.68. The molecule has 1 heterocycles. The minimum Gasteiger partial charge on any atom is -0.477 e. The van der Waals surface area contributed by atoms with Crippen LogP contribution in [0.1, 0.15) is 21.7 Å². The van der Waals surface area contributed by atoms with E-state index in [0.717, 1.165) is 0 Å². The van der Waals surface area contributed by atoms with Gasteiger partial charge in [0.05, 0.1) is 5.69 Å². The molecule has 3 heteroatoms. The number of terminal acetylenes is 1. The van der Waals surface area contributed by atoms with Crippen molar-refractivity contribution in [3.63, 3.8) is 0 Å². The Labute approximate surface area is 70.1 Å². The Morgan fingerprint density at radius 1 is 1.67 bits per heavy atom. The summed E-state index contributed by atoms with van der Waals surface area (Å²) in [4.78, 5) is 14.2. The zero-order valence-corrected chi connectivity index (χ0v) is 6.53. The van der Waals surface area contributed by atoms with Crippen LogP contribution in [-0.4, -0.2) is 16.1 Å². The number of aromatic carboxylic acids is 1. The van der Waals surface area contributed by atoms with Crippen molar-refractivity contribution in [2.24, 2.45) is 0 Å². The van der Waals surface area contributed by atoms with E-state index in [1.54, 1.807) is 13.0 Å². The number of carboxylic acid groups (broad SMARTS) is 1. The highest BCUT2D eigenvalue weighted by Crippen LogP contribution is 2.04. The van der Waals surface area contributed by atoms with Crippen LogP contribution in [0.4, 0.5) is 0 Å². The molecule has 60 valence electrons. The fraction of sp³-hybridized carbons (Fsp3) is 0.111. The summed E-state index contributed by atoms with van der Waals surface area (Å²) in [5.74, 6) is 1.37. The molecule has 0 fully saturated rings. The van der Waals surface area contributed by atoms with Gasteiger partial charge >= 0.3 is 5.97 Å². The predicted molar refractivity (Wildman–Crippen MR) is 43.9 cm³/mol. The summed E-state index contributed by atoms with van der Waals surface area (Å²) in [5.41, 5.74) is 1.21. The molecule has 3 nitrogen and oxygen atoms in total. The highest BCUT2D eigenvalue weighted by molar-refractivity contribution is 5.85. The molecule has 1 aromatic heterocycles. The van der Waals surface area contributed by atoms with Crippen LogP contribution >= 0.6 is 0 Å². The molecule has 1 N–H and O–H groups in total. The number of carboxylic acids is 1. The molecule has 12 heavy (non-hydrogen) atoms. The summed E-state index contributed by atoms with van der Waals surface area (Å²) in [5, 5.41) is 8.56. The molecule has 1 aromatic rings. The van der Waals surface area contributed by atoms with Crippen molar-refractivity contribution in [2.75, 3.05) is 0 Å². The van der Waals surface area contributed by atoms with E-state index in [1.165, 1.54) is 6.07 Å². The minimum atomic E-state index is -1.04. The number of rotatable bonds is 1. The van der Waals surface area contributed by atoms with Gasteiger partial charge in [-0.2, -0.15) is 0 Å². The second-order valence-corrected chi connectivity index (χ2v) is 2.28. The maximum atomic E-state index is 10.4. The Morgan fingerprint density at radius 2 is 2.33 bits per heavy atom. The molecule has 0 unspecified atom stereocenters. The van der Waals surface area contributed by atoms with Gasteiger partial charge in [0.15, 0.2) is 0 Å². The first kappa shape index (κ1) is 8.28. The highest BCUT2D eigenvalue weighted by atomic mass is 16.4. The Bertz CT molecular complexity index is 363. The van der Waals surface area contributed by atoms with Gasteiger partial charge in [-0.1, -0.05) is 5.92 Å². The van der Waals surface area contributed by atoms with Gasteiger partial charge < -0.3 is 5.11 Å². The van der Waals surface area contributed by atoms with Gasteiger partial charge in [0.25, 0.3) is 0 Å². The second-order valence-electron chi connectivity index (χ2n) is 2.28. The lowest BCUT2D eigenvalue weighted by molar-refractivity contribution is 0.0690. The SMILES string of the molecule is C#Cc1ccc(C(=O)O)nc1C. The first-order chi connectivity index (χ1) is 5.65. The third kappa shape index (κ3) is 1.43. The van der Waals surface area contributed by atoms with Crippen molar-refractivity contribution in [2.45, 2.75) is 6.92 Å². The van der Waals surface area contributed by atoms with Crippen molar-refractivity contribution in [3.8, 4) is 12.3 Å². The number of carbonyl (C=O) groups is 1. The normalized spacial score (nSPS) is 9.00. The summed E-state index contributed by atoms with van der Waals surface area (Å²) in [6, 6.07) is 2.97. The van der Waals surface area contributed by atoms with E-state index in [4.69, 9.17) is 11.5 Å². The monoisotopic (exact) mass is 161 g/mol. The molecule has 0 saturated carbocycles. The lowest BCUT2D eigenvalue weighted by Crippen LogP contribution is -2.02. The molecule has 0 saturated heterocycles. The molecule has 0 radical (unpaired) electrons. The van der Waals surface area contributed by atoms with Gasteiger partial charge in [-0.05, 0) is 19.1 Å². The van der Waals surface area contributed by atoms with E-state index in [9.17, 15) is 4.79 Å². The van der Waals surface area contributed by atoms with Crippen molar-refractivity contribution in [1.29, 1.82) is 0 Å². The highest BCUT2D eigenvalue weighted by Gasteiger charge is 2.05. The smallest absolute Gasteiger partial charge is 0.354 e. The second kappa shape index (κ2) is 3.05. The van der Waals surface area contributed by atoms with E-state index in [2.05, 4.69) is 10.9 Å². The van der Waals surface area contributed by atoms with Crippen LogP contribution in [0.2, 0.25) is 0 Å². The van der Waals surface area contributed by atoms with Crippen LogP contribution in [0.15, 0.2) is 12.1 Å². The van der Waals surface area contributed by atoms with E-state index in [0.29, 0.717) is 11.3 Å². The Morgan fingerprint density at radius 3 is 2.75 bits per heavy atom. The molecular formula is C9H7NO2. The van der Waals surface area contributed by atoms with E-state index in [-0.39, 0.29) is 5.69 Å². The average Bonchev–Trinajstić information content (AvgIpc) is 2.04. The molecule has 0 amide bonds. The van der Waals surface area contributed by atoms with Gasteiger partial charge in [-0.15, -0.1) is 6.42 Å². The topological polar surface area (TPSA) is 50.2 Å². The van der Waals surface area contributed by atoms with Crippen molar-refractivity contribution in [1.82, 2.24) is 4.98 Å². The van der Waals surface area contributed by atoms with E-state index >= 15 is 0 Å². The third-order valence-electron chi connectivity index (χ3n) is 1.46. The minimum absolute atomic E-state index is 0.0199. The Balaban J connectivity index is 3.21. The molecule has 0 aliphatic heterocycles. The van der Waals surface area contributed by atoms with Crippen molar-refractivity contribution < 1.29 is 9.90 Å². The van der Waals surface area contributed by atoms with E-state index in [1.807, 2.05) is 0 Å². The van der Waals surface area contributed by atoms with Gasteiger partial charge in [0.1, 0.15) is 5.69 Å². The van der Waals surface area contributed by atoms with E-state index < -0.39 is 5.97 Å². The van der Waals surface area contributed by atoms with Crippen molar-refractivity contribution >= 4 is 5.97 Å². The van der Waals surface area contributed by atoms with Gasteiger partial charge in [0, 0.05) is 5.56 Å². The lowest BCUT2D eigenvalue weighted by atomic mass is 10.2. The number of aromatic nitrogens is 1. The maximum Gasteiger partial charge on any atom is 0.354 e. The standard InChI is InChI=1S/C9H7NO2/c1-3-7-4-5-8(9(11)12)10-6(7)2/h1,4-5H,2H3,(H,11,12). The Kier molecular flexibility index (Phi) is 2.11. The molecule has 0 spiro atoms. The van der Waals surface area contributed by atoms with Crippen molar-refractivity contribution in [3.05, 3.63) is 29.1 Å². The van der Waals surface area contributed by atoms with Gasteiger partial charge in [0.2, 0.25) is 0 Å². The van der Waals surface area contributed by atoms with Gasteiger partial charge in [-0.3, -0.25) is 0 Å². The summed E-state index contributed by atoms with van der Waals surface area (Å²) in [7, 11) is 0. The summed E-state index contributed by atoms with van der Waals surface area (Å²) < 4.78 is 0. The summed E-state index contributed by atoms with van der Waals surface area (Å²) >= 11 is 0. The molecule has 0 aliphatic carbocycles. The molecule has 0 atom stereocenters. The first-order valence-electron chi connectivity index (χ1n) is 3.32. The van der Waals surface area contributed by atoms with Crippen LogP contribution in [-0.2, 0) is 0 Å². The zero-order chi connectivity index (χ0) is 9.14. The van der Waals surface area contributed by atoms with Crippen LogP contribution in [0.25, 0.3) is 0 Å². The van der Waals surface area contributed by atoms with Crippen LogP contribution < -0.4 is 0 Å². The molecular weight excluding hydrogens is 154 g/mol. The largest absolute Gasteiger partial charge is 0.477 e. The number of hydrogen-bond donors (Lipinski definition) is 1. The maximum absolute atomic E-state index is 10.4. The Hall–Kier alpha value is -1.82. The fourth-order valence-electron chi connectivity index (χ4n) is 0.833. The van der Waals surface area contributed by atoms with Crippen LogP contribution in [0.5, 0.6) is 0 Å². The third-order valence-corrected chi connectivity index (χ3v) is 1.46. The quantitative estimate of drug-likeness (QED) is 0.627. The summed E-state index contributed by atoms with van der Waals surface area (Å²) in [6.07, 6.45) is 5.14. The van der Waals surface area contributed by atoms with Gasteiger partial charge in [-0.25, -0.2) is 9.78 Å². The number of pyridine rings is 1. The lowest BCUT2D eigenvalue weighted by Gasteiger charge is -1.98. The first-order valence-corrected chi connectivity index (χ1v) is 3.32. The molecule has 0 aliphatic rings. The predicted octanol–water partition coefficient (Wildman–Crippen LogP) is 1.07. The van der Waals surface area contributed by atoms with Crippen LogP contribution in [0.3, 0.4) is 0 Å². The number of aryl methyl sites for hydroxylation is 1. The number of nitrogens with zero attached hydrogens (tertiary/aromatic N) is 1. The van der Waals surface area contributed by atoms with Crippen LogP contribution in [0, 0.1) is 19.3 Å². The number of hydrogen-bond acceptors (Lipinski definition) is 2. The fourth-order valence-corrected chi connectivity index (χ4v) is 0.833. The zero-order valence-electron chi connectivity index (χ0n) is 6.53. The molecule has 1 rings (SSSR count).